The molecule has 0 spiro atoms. The van der Waals surface area contributed by atoms with E-state index in [9.17, 15) is 5.11 Å². The van der Waals surface area contributed by atoms with Crippen LogP contribution in [0.3, 0.4) is 0 Å². The summed E-state index contributed by atoms with van der Waals surface area (Å²) >= 11 is 5.40. The molecule has 0 unspecified atom stereocenters. The molecule has 3 nitrogen and oxygen atoms in total. The highest BCUT2D eigenvalue weighted by atomic mass is 32.1. The topological polar surface area (TPSA) is 35.5 Å². The first kappa shape index (κ1) is 13.3. The summed E-state index contributed by atoms with van der Waals surface area (Å²) in [7, 11) is 0. The Morgan fingerprint density at radius 1 is 1.33 bits per heavy atom. The number of aryl methyl sites for hydroxylation is 2. The maximum atomic E-state index is 9.65. The largest absolute Gasteiger partial charge is 0.391 e. The van der Waals surface area contributed by atoms with E-state index in [2.05, 4.69) is 37.4 Å². The molecule has 0 amide bonds. The van der Waals surface area contributed by atoms with Gasteiger partial charge in [0, 0.05) is 18.8 Å². The minimum atomic E-state index is -0.252. The number of nitrogens with one attached hydrogen (secondary N) is 1. The molecule has 1 atom stereocenters. The van der Waals surface area contributed by atoms with Crippen molar-refractivity contribution in [2.45, 2.75) is 32.8 Å². The number of hydrogen-bond acceptors (Lipinski definition) is 2. The Kier molecular flexibility index (Phi) is 4.19. The average molecular weight is 264 g/mol. The number of aliphatic hydroxyl groups is 1. The van der Waals surface area contributed by atoms with E-state index in [0.29, 0.717) is 11.7 Å². The predicted molar refractivity (Wildman–Crippen MR) is 79.0 cm³/mol. The van der Waals surface area contributed by atoms with E-state index in [-0.39, 0.29) is 6.10 Å². The predicted octanol–water partition coefficient (Wildman–Crippen LogP) is 2.46. The number of nitrogens with zero attached hydrogens (tertiary/aromatic N) is 1. The molecule has 2 rings (SSSR count). The van der Waals surface area contributed by atoms with Gasteiger partial charge in [0.05, 0.1) is 6.10 Å². The highest BCUT2D eigenvalue weighted by Crippen LogP contribution is 2.16. The molecule has 0 bridgehead atoms. The van der Waals surface area contributed by atoms with Crippen LogP contribution in [0.25, 0.3) is 0 Å². The molecule has 98 valence electrons. The zero-order chi connectivity index (χ0) is 13.1. The van der Waals surface area contributed by atoms with Crippen LogP contribution in [0.4, 0.5) is 5.69 Å². The van der Waals surface area contributed by atoms with Crippen LogP contribution in [0.15, 0.2) is 18.2 Å². The van der Waals surface area contributed by atoms with Crippen LogP contribution in [0.2, 0.25) is 0 Å². The van der Waals surface area contributed by atoms with E-state index in [1.54, 1.807) is 0 Å². The first-order valence-electron chi connectivity index (χ1n) is 6.37. The Balaban J connectivity index is 2.02. The molecule has 0 radical (unpaired) electrons. The number of likely N-dealkylation sites (tertiary alicyclic amines) is 1. The second-order valence-electron chi connectivity index (χ2n) is 5.05. The summed E-state index contributed by atoms with van der Waals surface area (Å²) in [6.07, 6.45) is 1.62. The van der Waals surface area contributed by atoms with E-state index in [1.807, 2.05) is 4.90 Å². The van der Waals surface area contributed by atoms with Gasteiger partial charge in [-0.25, -0.2) is 0 Å². The fourth-order valence-corrected chi connectivity index (χ4v) is 2.67. The van der Waals surface area contributed by atoms with Gasteiger partial charge in [0.1, 0.15) is 0 Å². The van der Waals surface area contributed by atoms with Gasteiger partial charge in [-0.3, -0.25) is 0 Å². The number of aliphatic hydroxyl groups excluding tert-OH is 1. The third-order valence-corrected chi connectivity index (χ3v) is 3.52. The van der Waals surface area contributed by atoms with Crippen LogP contribution in [0, 0.1) is 13.8 Å². The van der Waals surface area contributed by atoms with Crippen LogP contribution >= 0.6 is 12.2 Å². The van der Waals surface area contributed by atoms with E-state index in [1.165, 1.54) is 11.1 Å². The van der Waals surface area contributed by atoms with Gasteiger partial charge < -0.3 is 15.3 Å². The van der Waals surface area contributed by atoms with Gasteiger partial charge in [-0.15, -0.1) is 0 Å². The fourth-order valence-electron chi connectivity index (χ4n) is 2.39. The number of anilines is 1. The Hall–Kier alpha value is -1.13. The van der Waals surface area contributed by atoms with Gasteiger partial charge in [0.25, 0.3) is 0 Å². The van der Waals surface area contributed by atoms with Crippen LogP contribution in [-0.4, -0.2) is 34.3 Å². The zero-order valence-corrected chi connectivity index (χ0v) is 11.8. The summed E-state index contributed by atoms with van der Waals surface area (Å²) in [5.41, 5.74) is 3.47. The van der Waals surface area contributed by atoms with E-state index in [0.717, 1.165) is 25.1 Å². The lowest BCUT2D eigenvalue weighted by Gasteiger charge is -2.32. The summed E-state index contributed by atoms with van der Waals surface area (Å²) in [5, 5.41) is 13.6. The monoisotopic (exact) mass is 264 g/mol. The van der Waals surface area contributed by atoms with Crippen LogP contribution < -0.4 is 5.32 Å². The van der Waals surface area contributed by atoms with Gasteiger partial charge in [-0.1, -0.05) is 6.07 Å². The minimum absolute atomic E-state index is 0.252. The van der Waals surface area contributed by atoms with Crippen LogP contribution in [0.5, 0.6) is 0 Å². The van der Waals surface area contributed by atoms with E-state index < -0.39 is 0 Å². The number of rotatable bonds is 1. The molecule has 1 aromatic carbocycles. The molecule has 0 saturated carbocycles. The van der Waals surface area contributed by atoms with Crippen molar-refractivity contribution in [2.24, 2.45) is 0 Å². The molecule has 1 saturated heterocycles. The van der Waals surface area contributed by atoms with Crippen LogP contribution in [-0.2, 0) is 0 Å². The summed E-state index contributed by atoms with van der Waals surface area (Å²) in [4.78, 5) is 2.04. The summed E-state index contributed by atoms with van der Waals surface area (Å²) < 4.78 is 0. The molecule has 1 aliphatic rings. The first-order valence-corrected chi connectivity index (χ1v) is 6.78. The number of hydrogen-bond donors (Lipinski definition) is 2. The molecule has 1 heterocycles. The fraction of sp³-hybridized carbons (Fsp3) is 0.500. The molecule has 2 N–H and O–H groups in total. The number of benzene rings is 1. The van der Waals surface area contributed by atoms with Gasteiger partial charge in [0.15, 0.2) is 5.11 Å². The highest BCUT2D eigenvalue weighted by molar-refractivity contribution is 7.80. The van der Waals surface area contributed by atoms with E-state index >= 15 is 0 Å². The van der Waals surface area contributed by atoms with Gasteiger partial charge >= 0.3 is 0 Å². The Labute approximate surface area is 114 Å². The lowest BCUT2D eigenvalue weighted by atomic mass is 10.1. The third-order valence-electron chi connectivity index (χ3n) is 3.16. The Bertz CT molecular complexity index is 427. The molecule has 1 fully saturated rings. The SMILES string of the molecule is Cc1cc(C)cc(NC(=S)N2CCC[C@H](O)C2)c1. The van der Waals surface area contributed by atoms with Crippen molar-refractivity contribution in [1.29, 1.82) is 0 Å². The molecular weight excluding hydrogens is 244 g/mol. The van der Waals surface area contributed by atoms with Crippen molar-refractivity contribution in [1.82, 2.24) is 4.90 Å². The van der Waals surface area contributed by atoms with Crippen molar-refractivity contribution in [2.75, 3.05) is 18.4 Å². The average Bonchev–Trinajstić information content (AvgIpc) is 2.27. The molecule has 0 aliphatic carbocycles. The van der Waals surface area contributed by atoms with Gasteiger partial charge in [-0.2, -0.15) is 0 Å². The van der Waals surface area contributed by atoms with Crippen molar-refractivity contribution >= 4 is 23.0 Å². The number of β-amino-alcohol motifs (C(OH)–C–C–N with tert-alkyl or cyclic N) is 1. The normalized spacial score (nSPS) is 19.7. The van der Waals surface area contributed by atoms with Crippen molar-refractivity contribution in [3.05, 3.63) is 29.3 Å². The van der Waals surface area contributed by atoms with E-state index in [4.69, 9.17) is 12.2 Å². The maximum absolute atomic E-state index is 9.65. The number of thiocarbonyl (C=S) groups is 1. The lowest BCUT2D eigenvalue weighted by molar-refractivity contribution is 0.104. The van der Waals surface area contributed by atoms with Crippen molar-refractivity contribution in [3.63, 3.8) is 0 Å². The number of piperidine rings is 1. The molecule has 4 heteroatoms. The van der Waals surface area contributed by atoms with Gasteiger partial charge in [-0.05, 0) is 62.2 Å². The van der Waals surface area contributed by atoms with Gasteiger partial charge in [0.2, 0.25) is 0 Å². The highest BCUT2D eigenvalue weighted by Gasteiger charge is 2.19. The standard InChI is InChI=1S/C14H20N2OS/c1-10-6-11(2)8-12(7-10)15-14(18)16-5-3-4-13(17)9-16/h6-8,13,17H,3-5,9H2,1-2H3,(H,15,18)/t13-/m0/s1. The molecular formula is C14H20N2OS. The summed E-state index contributed by atoms with van der Waals surface area (Å²) in [6.45, 7) is 5.71. The summed E-state index contributed by atoms with van der Waals surface area (Å²) in [5.74, 6) is 0. The van der Waals surface area contributed by atoms with Crippen LogP contribution in [0.1, 0.15) is 24.0 Å². The quantitative estimate of drug-likeness (QED) is 0.764. The smallest absolute Gasteiger partial charge is 0.173 e. The van der Waals surface area contributed by atoms with Crippen molar-refractivity contribution in [3.8, 4) is 0 Å². The Morgan fingerprint density at radius 2 is 2.00 bits per heavy atom. The minimum Gasteiger partial charge on any atom is -0.391 e. The molecule has 0 aromatic heterocycles. The zero-order valence-electron chi connectivity index (χ0n) is 10.9. The molecule has 1 aromatic rings. The molecule has 18 heavy (non-hydrogen) atoms. The maximum Gasteiger partial charge on any atom is 0.173 e. The lowest BCUT2D eigenvalue weighted by Crippen LogP contribution is -2.44. The Morgan fingerprint density at radius 3 is 2.61 bits per heavy atom. The summed E-state index contributed by atoms with van der Waals surface area (Å²) in [6, 6.07) is 6.30. The molecule has 1 aliphatic heterocycles. The third kappa shape index (κ3) is 3.43. The second-order valence-corrected chi connectivity index (χ2v) is 5.44. The van der Waals surface area contributed by atoms with Crippen molar-refractivity contribution < 1.29 is 5.11 Å². The first-order chi connectivity index (χ1) is 8.54. The second kappa shape index (κ2) is 5.67.